The normalized spacial score (nSPS) is 27.0. The molecule has 3 N–H and O–H groups in total. The molecule has 3 aliphatic rings. The van der Waals surface area contributed by atoms with Gasteiger partial charge in [0.05, 0.1) is 5.69 Å². The summed E-state index contributed by atoms with van der Waals surface area (Å²) in [6.45, 7) is 4.02. The molecule has 1 aromatic rings. The zero-order chi connectivity index (χ0) is 14.1. The maximum Gasteiger partial charge on any atom is 0.151 e. The van der Waals surface area contributed by atoms with Crippen LogP contribution in [0.25, 0.3) is 0 Å². The minimum atomic E-state index is 0.319. The molecule has 0 aromatic carbocycles. The first kappa shape index (κ1) is 13.3. The monoisotopic (exact) mass is 288 g/mol. The van der Waals surface area contributed by atoms with Crippen LogP contribution in [0, 0.1) is 5.92 Å². The number of pyridine rings is 1. The number of aromatic nitrogens is 1. The Hall–Kier alpha value is -1.33. The first-order valence-corrected chi connectivity index (χ1v) is 8.22. The second-order valence-electron chi connectivity index (χ2n) is 6.36. The topological polar surface area (TPSA) is 58.2 Å². The van der Waals surface area contributed by atoms with Crippen molar-refractivity contribution in [1.29, 1.82) is 0 Å². The van der Waals surface area contributed by atoms with Crippen molar-refractivity contribution in [2.45, 2.75) is 37.8 Å². The summed E-state index contributed by atoms with van der Waals surface area (Å²) in [5.41, 5.74) is 2.70. The second-order valence-corrected chi connectivity index (χ2v) is 6.36. The summed E-state index contributed by atoms with van der Waals surface area (Å²) in [7, 11) is 0. The Kier molecular flexibility index (Phi) is 3.69. The molecule has 2 saturated heterocycles. The van der Waals surface area contributed by atoms with Crippen molar-refractivity contribution < 1.29 is 4.74 Å². The molecule has 0 saturated carbocycles. The van der Waals surface area contributed by atoms with E-state index in [4.69, 9.17) is 4.74 Å². The molecule has 21 heavy (non-hydrogen) atoms. The lowest BCUT2D eigenvalue weighted by Gasteiger charge is -2.28. The summed E-state index contributed by atoms with van der Waals surface area (Å²) in [4.78, 5) is 4.54. The van der Waals surface area contributed by atoms with Crippen LogP contribution in [0.3, 0.4) is 0 Å². The zero-order valence-corrected chi connectivity index (χ0v) is 12.4. The van der Waals surface area contributed by atoms with Crippen molar-refractivity contribution in [2.75, 3.05) is 36.9 Å². The average Bonchev–Trinajstić information content (AvgIpc) is 3.00. The number of nitrogens with one attached hydrogen (secondary N) is 3. The second kappa shape index (κ2) is 5.81. The van der Waals surface area contributed by atoms with Crippen molar-refractivity contribution in [1.82, 2.24) is 10.3 Å². The van der Waals surface area contributed by atoms with Crippen molar-refractivity contribution in [3.8, 4) is 0 Å². The number of ether oxygens (including phenoxy) is 1. The van der Waals surface area contributed by atoms with Gasteiger partial charge in [-0.25, -0.2) is 4.98 Å². The summed E-state index contributed by atoms with van der Waals surface area (Å²) < 4.78 is 5.48. The number of rotatable bonds is 2. The highest BCUT2D eigenvalue weighted by atomic mass is 16.5. The molecule has 1 aromatic heterocycles. The lowest BCUT2D eigenvalue weighted by Crippen LogP contribution is -2.35. The Labute approximate surface area is 125 Å². The molecule has 0 amide bonds. The van der Waals surface area contributed by atoms with Gasteiger partial charge in [-0.2, -0.15) is 0 Å². The van der Waals surface area contributed by atoms with Crippen molar-refractivity contribution >= 4 is 11.5 Å². The van der Waals surface area contributed by atoms with Crippen LogP contribution < -0.4 is 16.0 Å². The number of hydrogen-bond donors (Lipinski definition) is 3. The number of anilines is 2. The van der Waals surface area contributed by atoms with Gasteiger partial charge in [0, 0.05) is 25.3 Å². The predicted molar refractivity (Wildman–Crippen MR) is 83.7 cm³/mol. The molecule has 0 spiro atoms. The fourth-order valence-electron chi connectivity index (χ4n) is 3.83. The molecule has 3 aliphatic heterocycles. The standard InChI is InChI=1S/C16H24N4O/c1-6-17-7-2-11(1)13-3-8-18-16-14(13)19-15(20-16)12-4-9-21-10-5-12/h3,8,11-12,15,17,19H,1-2,4-7,9-10H2,(H,18,20). The number of fused-ring (bicyclic) bond motifs is 1. The van der Waals surface area contributed by atoms with Crippen LogP contribution in [0.15, 0.2) is 12.3 Å². The van der Waals surface area contributed by atoms with Gasteiger partial charge in [0.2, 0.25) is 0 Å². The Morgan fingerprint density at radius 3 is 2.67 bits per heavy atom. The highest BCUT2D eigenvalue weighted by molar-refractivity contribution is 5.74. The van der Waals surface area contributed by atoms with Crippen LogP contribution in [0.1, 0.15) is 37.2 Å². The van der Waals surface area contributed by atoms with Crippen LogP contribution in [0.4, 0.5) is 11.5 Å². The summed E-state index contributed by atoms with van der Waals surface area (Å²) in [5, 5.41) is 10.8. The van der Waals surface area contributed by atoms with Gasteiger partial charge in [0.25, 0.3) is 0 Å². The highest BCUT2D eigenvalue weighted by Gasteiger charge is 2.32. The molecule has 0 bridgehead atoms. The van der Waals surface area contributed by atoms with Gasteiger partial charge in [0.1, 0.15) is 6.17 Å². The summed E-state index contributed by atoms with van der Waals surface area (Å²) in [6.07, 6.45) is 6.97. The van der Waals surface area contributed by atoms with Crippen LogP contribution >= 0.6 is 0 Å². The third-order valence-corrected chi connectivity index (χ3v) is 5.09. The van der Waals surface area contributed by atoms with E-state index in [9.17, 15) is 0 Å². The molecule has 4 heterocycles. The van der Waals surface area contributed by atoms with Gasteiger partial charge in [-0.15, -0.1) is 0 Å². The van der Waals surface area contributed by atoms with Crippen LogP contribution in [-0.4, -0.2) is 37.5 Å². The first-order valence-electron chi connectivity index (χ1n) is 8.22. The number of hydrogen-bond acceptors (Lipinski definition) is 5. The SMILES string of the molecule is c1cc(C2CCNCC2)c2c(n1)NC(C1CCOCC1)N2. The van der Waals surface area contributed by atoms with E-state index in [1.807, 2.05) is 6.20 Å². The van der Waals surface area contributed by atoms with Gasteiger partial charge in [-0.3, -0.25) is 0 Å². The van der Waals surface area contributed by atoms with E-state index in [2.05, 4.69) is 27.0 Å². The van der Waals surface area contributed by atoms with Gasteiger partial charge in [-0.05, 0) is 56.3 Å². The molecule has 5 heteroatoms. The van der Waals surface area contributed by atoms with Crippen molar-refractivity contribution in [3.05, 3.63) is 17.8 Å². The minimum Gasteiger partial charge on any atom is -0.381 e. The Balaban J connectivity index is 1.54. The van der Waals surface area contributed by atoms with Gasteiger partial charge < -0.3 is 20.7 Å². The van der Waals surface area contributed by atoms with Gasteiger partial charge in [-0.1, -0.05) is 0 Å². The van der Waals surface area contributed by atoms with Gasteiger partial charge in [0.15, 0.2) is 5.82 Å². The maximum atomic E-state index is 5.48. The molecule has 0 aliphatic carbocycles. The number of nitrogens with zero attached hydrogens (tertiary/aromatic N) is 1. The summed E-state index contributed by atoms with van der Waals surface area (Å²) in [5.74, 6) is 2.34. The maximum absolute atomic E-state index is 5.48. The van der Waals surface area contributed by atoms with Crippen LogP contribution in [-0.2, 0) is 4.74 Å². The lowest BCUT2D eigenvalue weighted by atomic mass is 9.89. The van der Waals surface area contributed by atoms with E-state index in [-0.39, 0.29) is 0 Å². The average molecular weight is 288 g/mol. The largest absolute Gasteiger partial charge is 0.381 e. The third kappa shape index (κ3) is 2.60. The number of piperidine rings is 1. The van der Waals surface area contributed by atoms with E-state index in [0.717, 1.165) is 45.0 Å². The summed E-state index contributed by atoms with van der Waals surface area (Å²) in [6, 6.07) is 2.20. The predicted octanol–water partition coefficient (Wildman–Crippen LogP) is 2.14. The minimum absolute atomic E-state index is 0.319. The Morgan fingerprint density at radius 1 is 1.05 bits per heavy atom. The lowest BCUT2D eigenvalue weighted by molar-refractivity contribution is 0.0633. The summed E-state index contributed by atoms with van der Waals surface area (Å²) >= 11 is 0. The Bertz CT molecular complexity index is 495. The van der Waals surface area contributed by atoms with E-state index in [1.54, 1.807) is 0 Å². The van der Waals surface area contributed by atoms with Crippen LogP contribution in [0.2, 0.25) is 0 Å². The molecule has 1 atom stereocenters. The molecule has 114 valence electrons. The molecule has 4 rings (SSSR count). The van der Waals surface area contributed by atoms with Crippen molar-refractivity contribution in [3.63, 3.8) is 0 Å². The highest BCUT2D eigenvalue weighted by Crippen LogP contribution is 2.40. The van der Waals surface area contributed by atoms with Gasteiger partial charge >= 0.3 is 0 Å². The fraction of sp³-hybridized carbons (Fsp3) is 0.688. The molecular formula is C16H24N4O. The quantitative estimate of drug-likeness (QED) is 0.778. The Morgan fingerprint density at radius 2 is 1.86 bits per heavy atom. The van der Waals surface area contributed by atoms with E-state index in [0.29, 0.717) is 18.0 Å². The molecular weight excluding hydrogens is 264 g/mol. The van der Waals surface area contributed by atoms with E-state index >= 15 is 0 Å². The first-order chi connectivity index (χ1) is 10.4. The molecule has 0 radical (unpaired) electrons. The van der Waals surface area contributed by atoms with E-state index < -0.39 is 0 Å². The molecule has 1 unspecified atom stereocenters. The fourth-order valence-corrected chi connectivity index (χ4v) is 3.83. The van der Waals surface area contributed by atoms with Crippen molar-refractivity contribution in [2.24, 2.45) is 5.92 Å². The molecule has 2 fully saturated rings. The third-order valence-electron chi connectivity index (χ3n) is 5.09. The smallest absolute Gasteiger partial charge is 0.151 e. The molecule has 5 nitrogen and oxygen atoms in total. The zero-order valence-electron chi connectivity index (χ0n) is 12.4. The van der Waals surface area contributed by atoms with E-state index in [1.165, 1.54) is 24.1 Å². The van der Waals surface area contributed by atoms with Crippen LogP contribution in [0.5, 0.6) is 0 Å².